The number of H-pyrrole nitrogens is 2. The minimum Gasteiger partial charge on any atom is -0.447 e. The van der Waals surface area contributed by atoms with Crippen molar-refractivity contribution in [2.24, 2.45) is 0 Å². The molecular formula is C19H15Cl2N5O4. The van der Waals surface area contributed by atoms with E-state index in [9.17, 15) is 9.59 Å². The second kappa shape index (κ2) is 8.31. The Morgan fingerprint density at radius 3 is 2.67 bits per heavy atom. The van der Waals surface area contributed by atoms with Crippen molar-refractivity contribution < 1.29 is 14.3 Å². The number of carbonyl (C=O) groups excluding carboxylic acids is 1. The third-order valence-corrected chi connectivity index (χ3v) is 5.05. The maximum absolute atomic E-state index is 12.1. The zero-order chi connectivity index (χ0) is 21.3. The van der Waals surface area contributed by atoms with Crippen molar-refractivity contribution in [2.45, 2.75) is 0 Å². The monoisotopic (exact) mass is 447 g/mol. The molecule has 4 rings (SSSR count). The highest BCUT2D eigenvalue weighted by atomic mass is 35.5. The van der Waals surface area contributed by atoms with Crippen molar-refractivity contribution in [2.75, 3.05) is 25.6 Å². The van der Waals surface area contributed by atoms with Crippen LogP contribution in [0.25, 0.3) is 33.1 Å². The summed E-state index contributed by atoms with van der Waals surface area (Å²) in [4.78, 5) is 31.3. The number of fused-ring (bicyclic) bond motifs is 2. The number of methoxy groups -OCH3 is 1. The molecule has 30 heavy (non-hydrogen) atoms. The van der Waals surface area contributed by atoms with Gasteiger partial charge in [-0.15, -0.1) is 0 Å². The number of hydrogen-bond acceptors (Lipinski definition) is 6. The highest BCUT2D eigenvalue weighted by Gasteiger charge is 2.14. The fourth-order valence-electron chi connectivity index (χ4n) is 2.94. The lowest BCUT2D eigenvalue weighted by Gasteiger charge is -2.06. The Morgan fingerprint density at radius 1 is 1.13 bits per heavy atom. The zero-order valence-electron chi connectivity index (χ0n) is 15.6. The standard InChI is InChI=1S/C19H15Cl2N5O4/c1-29-4-5-30-19(28)24-18-22-14-3-2-9(6-15(14)23-18)16-10-7-12(20)13(21)8-11(10)17(27)26-25-16/h2-3,6-8H,4-5H2,1H3,(H,26,27)(H2,22,23,24,28). The molecule has 4 aromatic rings. The zero-order valence-corrected chi connectivity index (χ0v) is 17.1. The van der Waals surface area contributed by atoms with E-state index in [1.54, 1.807) is 18.2 Å². The molecule has 2 heterocycles. The summed E-state index contributed by atoms with van der Waals surface area (Å²) < 4.78 is 9.78. The van der Waals surface area contributed by atoms with Crippen LogP contribution in [-0.4, -0.2) is 46.6 Å². The normalized spacial score (nSPS) is 11.2. The van der Waals surface area contributed by atoms with Gasteiger partial charge >= 0.3 is 6.09 Å². The summed E-state index contributed by atoms with van der Waals surface area (Å²) in [5.41, 5.74) is 2.12. The molecule has 0 spiro atoms. The number of amides is 1. The Hall–Kier alpha value is -3.14. The van der Waals surface area contributed by atoms with Gasteiger partial charge in [-0.05, 0) is 24.3 Å². The molecule has 0 aliphatic rings. The van der Waals surface area contributed by atoms with Gasteiger partial charge < -0.3 is 14.5 Å². The number of aromatic amines is 2. The van der Waals surface area contributed by atoms with Crippen molar-refractivity contribution in [1.29, 1.82) is 0 Å². The quantitative estimate of drug-likeness (QED) is 0.397. The van der Waals surface area contributed by atoms with Crippen LogP contribution in [0, 0.1) is 0 Å². The van der Waals surface area contributed by atoms with E-state index in [2.05, 4.69) is 25.5 Å². The number of carbonyl (C=O) groups is 1. The van der Waals surface area contributed by atoms with E-state index < -0.39 is 6.09 Å². The average molecular weight is 448 g/mol. The number of imidazole rings is 1. The van der Waals surface area contributed by atoms with Crippen molar-refractivity contribution in [3.8, 4) is 11.3 Å². The van der Waals surface area contributed by atoms with Gasteiger partial charge in [-0.2, -0.15) is 5.10 Å². The van der Waals surface area contributed by atoms with E-state index in [0.29, 0.717) is 44.7 Å². The molecule has 3 N–H and O–H groups in total. The molecule has 2 aromatic carbocycles. The van der Waals surface area contributed by atoms with Gasteiger partial charge in [0.1, 0.15) is 6.61 Å². The number of benzene rings is 2. The van der Waals surface area contributed by atoms with Gasteiger partial charge in [-0.3, -0.25) is 10.1 Å². The van der Waals surface area contributed by atoms with E-state index in [-0.39, 0.29) is 23.1 Å². The third kappa shape index (κ3) is 3.95. The van der Waals surface area contributed by atoms with Crippen molar-refractivity contribution >= 4 is 57.0 Å². The average Bonchev–Trinajstić information content (AvgIpc) is 3.11. The van der Waals surface area contributed by atoms with Gasteiger partial charge in [0.05, 0.1) is 38.8 Å². The maximum atomic E-state index is 12.1. The fourth-order valence-corrected chi connectivity index (χ4v) is 3.27. The summed E-state index contributed by atoms with van der Waals surface area (Å²) in [6, 6.07) is 8.48. The van der Waals surface area contributed by atoms with Crippen LogP contribution < -0.4 is 10.9 Å². The maximum Gasteiger partial charge on any atom is 0.414 e. The van der Waals surface area contributed by atoms with Crippen LogP contribution in [0.15, 0.2) is 35.1 Å². The van der Waals surface area contributed by atoms with Crippen molar-refractivity contribution in [3.63, 3.8) is 0 Å². The van der Waals surface area contributed by atoms with Gasteiger partial charge in [-0.1, -0.05) is 29.3 Å². The number of hydrogen-bond donors (Lipinski definition) is 3. The predicted molar refractivity (Wildman–Crippen MR) is 114 cm³/mol. The molecule has 0 aliphatic carbocycles. The van der Waals surface area contributed by atoms with Gasteiger partial charge in [-0.25, -0.2) is 14.9 Å². The first-order valence-corrected chi connectivity index (χ1v) is 9.52. The molecule has 11 heteroatoms. The van der Waals surface area contributed by atoms with E-state index in [0.717, 1.165) is 0 Å². The lowest BCUT2D eigenvalue weighted by Crippen LogP contribution is -2.17. The number of aromatic nitrogens is 4. The van der Waals surface area contributed by atoms with Crippen LogP contribution in [0.2, 0.25) is 10.0 Å². The Bertz CT molecular complexity index is 1320. The summed E-state index contributed by atoms with van der Waals surface area (Å²) in [5, 5.41) is 10.7. The summed E-state index contributed by atoms with van der Waals surface area (Å²) in [6.45, 7) is 0.427. The second-order valence-electron chi connectivity index (χ2n) is 6.28. The molecule has 0 bridgehead atoms. The molecule has 0 saturated carbocycles. The van der Waals surface area contributed by atoms with E-state index in [1.165, 1.54) is 13.2 Å². The van der Waals surface area contributed by atoms with Gasteiger partial charge in [0, 0.05) is 18.1 Å². The SMILES string of the molecule is COCCOC(=O)Nc1nc2cc(-c3n[nH]c(=O)c4cc(Cl)c(Cl)cc34)ccc2[nH]1. The molecule has 2 aromatic heterocycles. The predicted octanol–water partition coefficient (Wildman–Crippen LogP) is 3.97. The van der Waals surface area contributed by atoms with Gasteiger partial charge in [0.25, 0.3) is 5.56 Å². The number of nitrogens with one attached hydrogen (secondary N) is 3. The van der Waals surface area contributed by atoms with Crippen LogP contribution in [0.3, 0.4) is 0 Å². The molecule has 1 amide bonds. The van der Waals surface area contributed by atoms with Gasteiger partial charge in [0.2, 0.25) is 5.95 Å². The molecule has 0 atom stereocenters. The minimum absolute atomic E-state index is 0.129. The molecule has 0 aliphatic heterocycles. The Kier molecular flexibility index (Phi) is 5.58. The first kappa shape index (κ1) is 20.1. The smallest absolute Gasteiger partial charge is 0.414 e. The Labute approximate surface area is 179 Å². The topological polar surface area (TPSA) is 122 Å². The summed E-state index contributed by atoms with van der Waals surface area (Å²) in [6.07, 6.45) is -0.647. The number of ether oxygens (including phenoxy) is 2. The minimum atomic E-state index is -0.647. The summed E-state index contributed by atoms with van der Waals surface area (Å²) in [5.74, 6) is 0.235. The van der Waals surface area contributed by atoms with Crippen molar-refractivity contribution in [1.82, 2.24) is 20.2 Å². The first-order valence-electron chi connectivity index (χ1n) is 8.76. The molecule has 0 fully saturated rings. The number of nitrogens with zero attached hydrogens (tertiary/aromatic N) is 2. The largest absolute Gasteiger partial charge is 0.447 e. The molecular weight excluding hydrogens is 433 g/mol. The third-order valence-electron chi connectivity index (χ3n) is 4.33. The molecule has 0 saturated heterocycles. The molecule has 0 radical (unpaired) electrons. The van der Waals surface area contributed by atoms with Crippen LogP contribution in [0.4, 0.5) is 10.7 Å². The lowest BCUT2D eigenvalue weighted by atomic mass is 10.0. The van der Waals surface area contributed by atoms with E-state index in [4.69, 9.17) is 32.7 Å². The Morgan fingerprint density at radius 2 is 1.90 bits per heavy atom. The Balaban J connectivity index is 1.69. The summed E-state index contributed by atoms with van der Waals surface area (Å²) in [7, 11) is 1.51. The van der Waals surface area contributed by atoms with Crippen LogP contribution in [0.1, 0.15) is 0 Å². The highest BCUT2D eigenvalue weighted by Crippen LogP contribution is 2.32. The number of rotatable bonds is 5. The molecule has 9 nitrogen and oxygen atoms in total. The lowest BCUT2D eigenvalue weighted by molar-refractivity contribution is 0.107. The molecule has 154 valence electrons. The highest BCUT2D eigenvalue weighted by molar-refractivity contribution is 6.43. The van der Waals surface area contributed by atoms with Crippen LogP contribution in [-0.2, 0) is 9.47 Å². The second-order valence-corrected chi connectivity index (χ2v) is 7.10. The van der Waals surface area contributed by atoms with Crippen LogP contribution >= 0.6 is 23.2 Å². The molecule has 0 unspecified atom stereocenters. The fraction of sp³-hybridized carbons (Fsp3) is 0.158. The van der Waals surface area contributed by atoms with E-state index in [1.807, 2.05) is 6.07 Å². The van der Waals surface area contributed by atoms with Crippen LogP contribution in [0.5, 0.6) is 0 Å². The number of halogens is 2. The first-order chi connectivity index (χ1) is 14.5. The summed E-state index contributed by atoms with van der Waals surface area (Å²) >= 11 is 12.2. The van der Waals surface area contributed by atoms with Crippen molar-refractivity contribution in [3.05, 3.63) is 50.7 Å². The van der Waals surface area contributed by atoms with Gasteiger partial charge in [0.15, 0.2) is 0 Å². The number of anilines is 1. The van der Waals surface area contributed by atoms with E-state index >= 15 is 0 Å².